The summed E-state index contributed by atoms with van der Waals surface area (Å²) < 4.78 is 11.7. The van der Waals surface area contributed by atoms with Crippen molar-refractivity contribution in [3.8, 4) is 29.1 Å². The van der Waals surface area contributed by atoms with Crippen molar-refractivity contribution in [2.45, 2.75) is 13.0 Å². The van der Waals surface area contributed by atoms with Crippen LogP contribution < -0.4 is 20.1 Å². The van der Waals surface area contributed by atoms with E-state index in [1.165, 1.54) is 6.92 Å². The van der Waals surface area contributed by atoms with Crippen LogP contribution in [0.5, 0.6) is 17.2 Å². The Balaban J connectivity index is 1.59. The third-order valence-electron chi connectivity index (χ3n) is 5.18. The van der Waals surface area contributed by atoms with Crippen LogP contribution in [0.15, 0.2) is 73.1 Å². The normalized spacial score (nSPS) is 11.1. The van der Waals surface area contributed by atoms with Crippen LogP contribution in [0.25, 0.3) is 10.9 Å². The predicted molar refractivity (Wildman–Crippen MR) is 141 cm³/mol. The van der Waals surface area contributed by atoms with Crippen molar-refractivity contribution in [3.63, 3.8) is 0 Å². The number of fused-ring (bicyclic) bond motifs is 1. The molecular weight excluding hydrogens is 488 g/mol. The first-order valence-electron chi connectivity index (χ1n) is 11.6. The van der Waals surface area contributed by atoms with Crippen molar-refractivity contribution in [2.75, 3.05) is 23.8 Å². The summed E-state index contributed by atoms with van der Waals surface area (Å²) in [6, 6.07) is 16.7. The molecule has 2 heterocycles. The predicted octanol–water partition coefficient (Wildman–Crippen LogP) is 3.37. The Bertz CT molecular complexity index is 1500. The molecule has 2 aromatic heterocycles. The summed E-state index contributed by atoms with van der Waals surface area (Å²) in [6.07, 6.45) is 2.05. The molecule has 0 aliphatic heterocycles. The maximum Gasteiger partial charge on any atom is 0.300 e. The van der Waals surface area contributed by atoms with Crippen LogP contribution in [-0.2, 0) is 4.79 Å². The molecule has 10 heteroatoms. The Hall–Kier alpha value is -4.98. The van der Waals surface area contributed by atoms with E-state index in [1.54, 1.807) is 73.1 Å². The highest BCUT2D eigenvalue weighted by Gasteiger charge is 2.15. The quantitative estimate of drug-likeness (QED) is 0.250. The van der Waals surface area contributed by atoms with E-state index in [0.717, 1.165) is 0 Å². The summed E-state index contributed by atoms with van der Waals surface area (Å²) in [5.41, 5.74) is 1.22. The average Bonchev–Trinajstić information content (AvgIpc) is 2.93. The SMILES string of the molecule is CC#CC(=O)Nc1cc2c(Oc3ccc(C(=O)Nc4ccccn4)cc3)ccnc2cc1OC[C@@H](O)CO. The lowest BCUT2D eigenvalue weighted by molar-refractivity contribution is -0.111. The number of carbonyl (C=O) groups excluding carboxylic acids is 2. The Morgan fingerprint density at radius 1 is 1.00 bits per heavy atom. The summed E-state index contributed by atoms with van der Waals surface area (Å²) in [5, 5.41) is 24.7. The van der Waals surface area contributed by atoms with Crippen LogP contribution in [0.2, 0.25) is 0 Å². The van der Waals surface area contributed by atoms with Crippen molar-refractivity contribution in [2.24, 2.45) is 0 Å². The molecule has 1 atom stereocenters. The number of aliphatic hydroxyl groups excluding tert-OH is 2. The summed E-state index contributed by atoms with van der Waals surface area (Å²) in [6.45, 7) is 0.871. The number of hydrogen-bond donors (Lipinski definition) is 4. The zero-order valence-electron chi connectivity index (χ0n) is 20.3. The number of anilines is 2. The topological polar surface area (TPSA) is 143 Å². The largest absolute Gasteiger partial charge is 0.489 e. The zero-order chi connectivity index (χ0) is 26.9. The lowest BCUT2D eigenvalue weighted by atomic mass is 10.1. The molecule has 38 heavy (non-hydrogen) atoms. The molecule has 0 radical (unpaired) electrons. The van der Waals surface area contributed by atoms with Gasteiger partial charge in [0.25, 0.3) is 11.8 Å². The van der Waals surface area contributed by atoms with Gasteiger partial charge in [-0.3, -0.25) is 14.6 Å². The first-order chi connectivity index (χ1) is 18.5. The molecule has 4 N–H and O–H groups in total. The molecule has 2 aromatic carbocycles. The molecule has 0 saturated carbocycles. The zero-order valence-corrected chi connectivity index (χ0v) is 20.3. The van der Waals surface area contributed by atoms with Crippen molar-refractivity contribution in [3.05, 3.63) is 78.6 Å². The summed E-state index contributed by atoms with van der Waals surface area (Å²) in [5.74, 6) is 5.68. The van der Waals surface area contributed by atoms with Gasteiger partial charge in [-0.05, 0) is 61.4 Å². The number of aliphatic hydroxyl groups is 2. The second kappa shape index (κ2) is 12.3. The van der Waals surface area contributed by atoms with E-state index in [9.17, 15) is 14.7 Å². The van der Waals surface area contributed by atoms with E-state index >= 15 is 0 Å². The monoisotopic (exact) mass is 512 g/mol. The fraction of sp³-hybridized carbons (Fsp3) is 0.143. The van der Waals surface area contributed by atoms with Gasteiger partial charge in [0.1, 0.15) is 35.8 Å². The van der Waals surface area contributed by atoms with Crippen molar-refractivity contribution >= 4 is 34.2 Å². The van der Waals surface area contributed by atoms with Gasteiger partial charge in [-0.2, -0.15) is 0 Å². The van der Waals surface area contributed by atoms with Crippen LogP contribution in [-0.4, -0.2) is 51.3 Å². The summed E-state index contributed by atoms with van der Waals surface area (Å²) in [4.78, 5) is 33.1. The molecular formula is C28H24N4O6. The highest BCUT2D eigenvalue weighted by Crippen LogP contribution is 2.36. The first kappa shape index (κ1) is 26.1. The number of nitrogens with zero attached hydrogens (tertiary/aromatic N) is 2. The number of benzene rings is 2. The number of pyridine rings is 2. The second-order valence-electron chi connectivity index (χ2n) is 7.95. The Morgan fingerprint density at radius 3 is 2.53 bits per heavy atom. The lowest BCUT2D eigenvalue weighted by Gasteiger charge is -2.16. The van der Waals surface area contributed by atoms with Crippen LogP contribution in [0.1, 0.15) is 17.3 Å². The molecule has 0 aliphatic carbocycles. The molecule has 4 rings (SSSR count). The van der Waals surface area contributed by atoms with Crippen LogP contribution in [0.3, 0.4) is 0 Å². The highest BCUT2D eigenvalue weighted by atomic mass is 16.5. The molecule has 0 fully saturated rings. The summed E-state index contributed by atoms with van der Waals surface area (Å²) in [7, 11) is 0. The van der Waals surface area contributed by atoms with Gasteiger partial charge >= 0.3 is 0 Å². The third kappa shape index (κ3) is 6.61. The fourth-order valence-corrected chi connectivity index (χ4v) is 3.39. The van der Waals surface area contributed by atoms with E-state index in [1.807, 2.05) is 0 Å². The third-order valence-corrected chi connectivity index (χ3v) is 5.18. The van der Waals surface area contributed by atoms with E-state index in [4.69, 9.17) is 14.6 Å². The standard InChI is InChI=1S/C28H24N4O6/c1-2-5-27(35)31-23-14-21-22(15-25(23)37-17-19(34)16-33)29-13-11-24(21)38-20-9-7-18(8-10-20)28(36)32-26-6-3-4-12-30-26/h3-4,6-15,19,33-34H,16-17H2,1H3,(H,31,35)(H,30,32,36)/t19-/m0/s1. The summed E-state index contributed by atoms with van der Waals surface area (Å²) >= 11 is 0. The molecule has 0 spiro atoms. The van der Waals surface area contributed by atoms with E-state index < -0.39 is 18.6 Å². The van der Waals surface area contributed by atoms with E-state index in [2.05, 4.69) is 32.4 Å². The Kier molecular flexibility index (Phi) is 8.46. The van der Waals surface area contributed by atoms with Crippen LogP contribution in [0.4, 0.5) is 11.5 Å². The van der Waals surface area contributed by atoms with E-state index in [0.29, 0.717) is 33.8 Å². The van der Waals surface area contributed by atoms with Gasteiger partial charge < -0.3 is 30.3 Å². The minimum atomic E-state index is -1.10. The van der Waals surface area contributed by atoms with Gasteiger partial charge in [-0.15, -0.1) is 0 Å². The Labute approximate surface area is 218 Å². The number of ether oxygens (including phenoxy) is 2. The van der Waals surface area contributed by atoms with Crippen molar-refractivity contribution < 1.29 is 29.3 Å². The minimum absolute atomic E-state index is 0.194. The molecule has 2 amide bonds. The fourth-order valence-electron chi connectivity index (χ4n) is 3.39. The number of amides is 2. The van der Waals surface area contributed by atoms with Crippen molar-refractivity contribution in [1.82, 2.24) is 9.97 Å². The molecule has 192 valence electrons. The maximum atomic E-state index is 12.5. The number of hydrogen-bond acceptors (Lipinski definition) is 8. The average molecular weight is 513 g/mol. The molecule has 0 saturated heterocycles. The minimum Gasteiger partial charge on any atom is -0.489 e. The number of aromatic nitrogens is 2. The van der Waals surface area contributed by atoms with Gasteiger partial charge in [0.2, 0.25) is 0 Å². The van der Waals surface area contributed by atoms with Gasteiger partial charge in [0.15, 0.2) is 0 Å². The lowest BCUT2D eigenvalue weighted by Crippen LogP contribution is -2.22. The number of rotatable bonds is 9. The molecule has 4 aromatic rings. The van der Waals surface area contributed by atoms with Gasteiger partial charge in [0, 0.05) is 29.4 Å². The highest BCUT2D eigenvalue weighted by molar-refractivity contribution is 6.06. The molecule has 0 unspecified atom stereocenters. The molecule has 10 nitrogen and oxygen atoms in total. The van der Waals surface area contributed by atoms with Crippen molar-refractivity contribution in [1.29, 1.82) is 0 Å². The maximum absolute atomic E-state index is 12.5. The van der Waals surface area contributed by atoms with Gasteiger partial charge in [-0.1, -0.05) is 12.0 Å². The van der Waals surface area contributed by atoms with Crippen LogP contribution >= 0.6 is 0 Å². The number of nitrogens with one attached hydrogen (secondary N) is 2. The Morgan fingerprint density at radius 2 is 1.82 bits per heavy atom. The van der Waals surface area contributed by atoms with E-state index in [-0.39, 0.29) is 24.0 Å². The second-order valence-corrected chi connectivity index (χ2v) is 7.95. The molecule has 0 bridgehead atoms. The van der Waals surface area contributed by atoms with Gasteiger partial charge in [0.05, 0.1) is 17.8 Å². The first-order valence-corrected chi connectivity index (χ1v) is 11.6. The van der Waals surface area contributed by atoms with Crippen LogP contribution in [0, 0.1) is 11.8 Å². The molecule has 0 aliphatic rings. The van der Waals surface area contributed by atoms with Gasteiger partial charge in [-0.25, -0.2) is 4.98 Å². The number of carbonyl (C=O) groups is 2. The smallest absolute Gasteiger partial charge is 0.300 e.